The van der Waals surface area contributed by atoms with Crippen LogP contribution in [0, 0.1) is 0 Å². The summed E-state index contributed by atoms with van der Waals surface area (Å²) in [5.74, 6) is 0. The molecule has 0 amide bonds. The molecule has 0 spiro atoms. The monoisotopic (exact) mass is 774 g/mol. The van der Waals surface area contributed by atoms with Gasteiger partial charge in [-0.25, -0.2) is 0 Å². The summed E-state index contributed by atoms with van der Waals surface area (Å²) in [5.41, 5.74) is 23.3. The Morgan fingerprint density at radius 1 is 0.317 bits per heavy atom. The van der Waals surface area contributed by atoms with Gasteiger partial charge in [0.25, 0.3) is 0 Å². The zero-order valence-corrected chi connectivity index (χ0v) is 35.9. The SMILES string of the molecule is CC1(C)c2ccccc2-c2ccc(-c3ccc(N(c4cc5c6c(c4)C(C)(C)c4cccc7c4N6c4c(cccc4C5(C)C)C7(C)C)c4ccc5ccccc5c4)cc3)cc21. The molecule has 8 aromatic rings. The lowest BCUT2D eigenvalue weighted by Gasteiger charge is -2.55. The maximum absolute atomic E-state index is 2.66. The normalized spacial score (nSPS) is 17.2. The fraction of sp³-hybridized carbons (Fsp3) is 0.207. The number of anilines is 6. The second-order valence-electron chi connectivity index (χ2n) is 19.8. The van der Waals surface area contributed by atoms with Crippen molar-refractivity contribution in [3.05, 3.63) is 202 Å². The average Bonchev–Trinajstić information content (AvgIpc) is 3.48. The molecule has 3 aliphatic heterocycles. The van der Waals surface area contributed by atoms with E-state index in [-0.39, 0.29) is 21.7 Å². The molecule has 2 nitrogen and oxygen atoms in total. The molecular weight excluding hydrogens is 725 g/mol. The average molecular weight is 775 g/mol. The van der Waals surface area contributed by atoms with Gasteiger partial charge >= 0.3 is 0 Å². The second-order valence-corrected chi connectivity index (χ2v) is 19.8. The molecule has 0 N–H and O–H groups in total. The highest BCUT2D eigenvalue weighted by molar-refractivity contribution is 6.00. The van der Waals surface area contributed by atoms with Gasteiger partial charge in [0.15, 0.2) is 0 Å². The quantitative estimate of drug-likeness (QED) is 0.176. The summed E-state index contributed by atoms with van der Waals surface area (Å²) < 4.78 is 0. The minimum Gasteiger partial charge on any atom is -0.310 e. The Kier molecular flexibility index (Phi) is 6.91. The largest absolute Gasteiger partial charge is 0.310 e. The summed E-state index contributed by atoms with van der Waals surface area (Å²) >= 11 is 0. The van der Waals surface area contributed by atoms with Crippen LogP contribution in [0.5, 0.6) is 0 Å². The molecule has 0 saturated carbocycles. The Balaban J connectivity index is 1.06. The molecule has 292 valence electrons. The van der Waals surface area contributed by atoms with E-state index in [9.17, 15) is 0 Å². The molecule has 0 atom stereocenters. The van der Waals surface area contributed by atoms with Crippen molar-refractivity contribution < 1.29 is 0 Å². The van der Waals surface area contributed by atoms with Gasteiger partial charge in [0, 0.05) is 38.7 Å². The van der Waals surface area contributed by atoms with Crippen molar-refractivity contribution in [2.75, 3.05) is 9.80 Å². The lowest BCUT2D eigenvalue weighted by Crippen LogP contribution is -2.43. The lowest BCUT2D eigenvalue weighted by atomic mass is 9.61. The molecule has 1 aliphatic carbocycles. The molecular formula is C58H50N2. The van der Waals surface area contributed by atoms with Crippen LogP contribution >= 0.6 is 0 Å². The highest BCUT2D eigenvalue weighted by Gasteiger charge is 2.52. The van der Waals surface area contributed by atoms with Crippen molar-refractivity contribution in [2.24, 2.45) is 0 Å². The Bertz CT molecular complexity index is 3070. The number of hydrogen-bond acceptors (Lipinski definition) is 2. The van der Waals surface area contributed by atoms with E-state index in [2.05, 4.69) is 223 Å². The molecule has 8 aromatic carbocycles. The zero-order chi connectivity index (χ0) is 41.1. The fourth-order valence-corrected chi connectivity index (χ4v) is 11.7. The first-order chi connectivity index (χ1) is 28.8. The van der Waals surface area contributed by atoms with Crippen molar-refractivity contribution in [1.82, 2.24) is 0 Å². The predicted molar refractivity (Wildman–Crippen MR) is 253 cm³/mol. The van der Waals surface area contributed by atoms with E-state index >= 15 is 0 Å². The van der Waals surface area contributed by atoms with Gasteiger partial charge in [-0.1, -0.05) is 171 Å². The molecule has 3 heterocycles. The van der Waals surface area contributed by atoms with Crippen LogP contribution in [0.15, 0.2) is 158 Å². The smallest absolute Gasteiger partial charge is 0.0545 e. The topological polar surface area (TPSA) is 6.48 Å². The number of rotatable bonds is 4. The molecule has 0 bridgehead atoms. The lowest BCUT2D eigenvalue weighted by molar-refractivity contribution is 0.566. The first kappa shape index (κ1) is 35.6. The van der Waals surface area contributed by atoms with Crippen LogP contribution in [0.25, 0.3) is 33.0 Å². The minimum atomic E-state index is -0.238. The predicted octanol–water partition coefficient (Wildman–Crippen LogP) is 15.7. The van der Waals surface area contributed by atoms with Gasteiger partial charge in [-0.3, -0.25) is 0 Å². The van der Waals surface area contributed by atoms with Crippen LogP contribution < -0.4 is 9.80 Å². The van der Waals surface area contributed by atoms with Crippen LogP contribution in [-0.4, -0.2) is 0 Å². The van der Waals surface area contributed by atoms with Crippen LogP contribution in [0.1, 0.15) is 99.9 Å². The van der Waals surface area contributed by atoms with Crippen molar-refractivity contribution in [3.63, 3.8) is 0 Å². The van der Waals surface area contributed by atoms with Crippen LogP contribution in [0.2, 0.25) is 0 Å². The Labute approximate surface area is 354 Å². The number of hydrogen-bond donors (Lipinski definition) is 0. The number of fused-ring (bicyclic) bond motifs is 4. The molecule has 0 saturated heterocycles. The van der Waals surface area contributed by atoms with Gasteiger partial charge in [-0.2, -0.15) is 0 Å². The van der Waals surface area contributed by atoms with Gasteiger partial charge < -0.3 is 9.80 Å². The van der Waals surface area contributed by atoms with Gasteiger partial charge in [-0.05, 0) is 120 Å². The maximum Gasteiger partial charge on any atom is 0.0545 e. The van der Waals surface area contributed by atoms with E-state index in [1.807, 2.05) is 0 Å². The summed E-state index contributed by atoms with van der Waals surface area (Å²) in [6.07, 6.45) is 0. The highest BCUT2D eigenvalue weighted by Crippen LogP contribution is 2.66. The third-order valence-electron chi connectivity index (χ3n) is 15.2. The summed E-state index contributed by atoms with van der Waals surface area (Å²) in [4.78, 5) is 5.16. The van der Waals surface area contributed by atoms with E-state index in [0.29, 0.717) is 0 Å². The molecule has 2 heteroatoms. The van der Waals surface area contributed by atoms with E-state index < -0.39 is 0 Å². The van der Waals surface area contributed by atoms with E-state index in [0.717, 1.165) is 11.4 Å². The molecule has 4 aliphatic rings. The van der Waals surface area contributed by atoms with Crippen LogP contribution in [-0.2, 0) is 21.7 Å². The maximum atomic E-state index is 2.66. The second kappa shape index (κ2) is 11.7. The minimum absolute atomic E-state index is 0.0440. The first-order valence-corrected chi connectivity index (χ1v) is 21.7. The van der Waals surface area contributed by atoms with Crippen molar-refractivity contribution in [1.29, 1.82) is 0 Å². The number of nitrogens with zero attached hydrogens (tertiary/aromatic N) is 2. The summed E-state index contributed by atoms with van der Waals surface area (Å²) in [6, 6.07) is 60.0. The van der Waals surface area contributed by atoms with Crippen molar-refractivity contribution >= 4 is 44.9 Å². The summed E-state index contributed by atoms with van der Waals surface area (Å²) in [5, 5.41) is 2.48. The van der Waals surface area contributed by atoms with Crippen molar-refractivity contribution in [2.45, 2.75) is 77.0 Å². The van der Waals surface area contributed by atoms with Gasteiger partial charge in [0.2, 0.25) is 0 Å². The molecule has 0 fully saturated rings. The molecule has 60 heavy (non-hydrogen) atoms. The molecule has 0 aromatic heterocycles. The fourth-order valence-electron chi connectivity index (χ4n) is 11.7. The molecule has 0 radical (unpaired) electrons. The Morgan fingerprint density at radius 2 is 0.783 bits per heavy atom. The van der Waals surface area contributed by atoms with Crippen molar-refractivity contribution in [3.8, 4) is 22.3 Å². The first-order valence-electron chi connectivity index (χ1n) is 21.7. The van der Waals surface area contributed by atoms with Gasteiger partial charge in [-0.15, -0.1) is 0 Å². The van der Waals surface area contributed by atoms with Crippen LogP contribution in [0.4, 0.5) is 34.1 Å². The molecule has 0 unspecified atom stereocenters. The Morgan fingerprint density at radius 3 is 1.42 bits per heavy atom. The van der Waals surface area contributed by atoms with Crippen LogP contribution in [0.3, 0.4) is 0 Å². The third-order valence-corrected chi connectivity index (χ3v) is 15.2. The number of benzene rings is 8. The van der Waals surface area contributed by atoms with Gasteiger partial charge in [0.05, 0.1) is 17.1 Å². The van der Waals surface area contributed by atoms with E-state index in [1.54, 1.807) is 0 Å². The summed E-state index contributed by atoms with van der Waals surface area (Å²) in [6.45, 7) is 19.3. The third kappa shape index (κ3) is 4.49. The standard InChI is InChI=1S/C58H50N2/c1-55(2)44-18-12-11-17-42(44)43-30-26-38(32-49(43)55)36-23-27-39(28-24-36)59(40-29-25-35-15-9-10-16-37(35)31-40)41-33-50-54-51(34-41)58(7,8)48-22-14-20-46-53(48)60(54)52-45(56(46,3)4)19-13-21-47(52)57(50,5)6/h9-34H,1-8H3. The number of para-hydroxylation sites is 2. The zero-order valence-electron chi connectivity index (χ0n) is 35.9. The molecule has 12 rings (SSSR count). The summed E-state index contributed by atoms with van der Waals surface area (Å²) in [7, 11) is 0. The van der Waals surface area contributed by atoms with E-state index in [1.165, 1.54) is 100 Å². The van der Waals surface area contributed by atoms with Gasteiger partial charge in [0.1, 0.15) is 0 Å². The van der Waals surface area contributed by atoms with E-state index in [4.69, 9.17) is 0 Å². The highest BCUT2D eigenvalue weighted by atomic mass is 15.2. The Hall–Kier alpha value is -6.38.